The topological polar surface area (TPSA) is 66.8 Å². The fraction of sp³-hybridized carbons (Fsp3) is 0.579. The van der Waals surface area contributed by atoms with Gasteiger partial charge in [0.05, 0.1) is 18.6 Å². The molecule has 1 N–H and O–H groups in total. The summed E-state index contributed by atoms with van der Waals surface area (Å²) in [6.45, 7) is 7.21. The van der Waals surface area contributed by atoms with Gasteiger partial charge in [0.15, 0.2) is 0 Å². The average Bonchev–Trinajstić information content (AvgIpc) is 3.13. The highest BCUT2D eigenvalue weighted by Crippen LogP contribution is 2.51. The zero-order valence-corrected chi connectivity index (χ0v) is 14.5. The van der Waals surface area contributed by atoms with Gasteiger partial charge in [-0.1, -0.05) is 35.5 Å². The Labute approximate surface area is 142 Å². The Balaban J connectivity index is 1.66. The van der Waals surface area contributed by atoms with Crippen molar-refractivity contribution in [3.63, 3.8) is 0 Å². The van der Waals surface area contributed by atoms with Crippen LogP contribution in [0.5, 0.6) is 0 Å². The van der Waals surface area contributed by atoms with E-state index in [0.29, 0.717) is 13.1 Å². The average molecular weight is 331 g/mol. The summed E-state index contributed by atoms with van der Waals surface area (Å²) in [5, 5.41) is 9.44. The second-order valence-corrected chi connectivity index (χ2v) is 7.33. The molecule has 0 aromatic carbocycles. The number of carboxylic acids is 1. The SMILES string of the molecule is CC(C)=CCCC(C)=CCN1C[C@@]23C=C[C@H](O2)[C@H](C(=O)O)[C@H]3C1=O. The summed E-state index contributed by atoms with van der Waals surface area (Å²) in [5.74, 6) is -2.37. The minimum absolute atomic E-state index is 0.0948. The second-order valence-electron chi connectivity index (χ2n) is 7.33. The lowest BCUT2D eigenvalue weighted by atomic mass is 9.77. The van der Waals surface area contributed by atoms with E-state index >= 15 is 0 Å². The summed E-state index contributed by atoms with van der Waals surface area (Å²) < 4.78 is 5.87. The normalized spacial score (nSPS) is 34.0. The first-order chi connectivity index (χ1) is 11.3. The third-order valence-electron chi connectivity index (χ3n) is 5.22. The van der Waals surface area contributed by atoms with Crippen molar-refractivity contribution in [1.82, 2.24) is 4.90 Å². The van der Waals surface area contributed by atoms with Crippen LogP contribution in [0.1, 0.15) is 33.6 Å². The van der Waals surface area contributed by atoms with Crippen molar-refractivity contribution in [1.29, 1.82) is 0 Å². The van der Waals surface area contributed by atoms with Gasteiger partial charge < -0.3 is 14.7 Å². The Hall–Kier alpha value is -1.88. The summed E-state index contributed by atoms with van der Waals surface area (Å²) >= 11 is 0. The molecule has 2 bridgehead atoms. The zero-order valence-electron chi connectivity index (χ0n) is 14.5. The predicted molar refractivity (Wildman–Crippen MR) is 90.4 cm³/mol. The highest BCUT2D eigenvalue weighted by Gasteiger charge is 2.66. The Morgan fingerprint density at radius 3 is 2.83 bits per heavy atom. The van der Waals surface area contributed by atoms with Crippen molar-refractivity contribution >= 4 is 11.9 Å². The molecule has 0 aromatic rings. The molecule has 130 valence electrons. The lowest BCUT2D eigenvalue weighted by molar-refractivity contribution is -0.147. The first-order valence-corrected chi connectivity index (χ1v) is 8.52. The number of carbonyl (C=O) groups is 2. The van der Waals surface area contributed by atoms with Crippen LogP contribution < -0.4 is 0 Å². The zero-order chi connectivity index (χ0) is 17.5. The van der Waals surface area contributed by atoms with Gasteiger partial charge in [-0.3, -0.25) is 9.59 Å². The van der Waals surface area contributed by atoms with E-state index < -0.39 is 29.5 Å². The summed E-state index contributed by atoms with van der Waals surface area (Å²) in [5.41, 5.74) is 1.82. The molecule has 1 spiro atoms. The summed E-state index contributed by atoms with van der Waals surface area (Å²) in [7, 11) is 0. The van der Waals surface area contributed by atoms with Crippen LogP contribution in [0.2, 0.25) is 0 Å². The van der Waals surface area contributed by atoms with E-state index in [2.05, 4.69) is 32.9 Å². The fourth-order valence-corrected chi connectivity index (χ4v) is 3.97. The number of likely N-dealkylation sites (tertiary alicyclic amines) is 1. The minimum Gasteiger partial charge on any atom is -0.481 e. The smallest absolute Gasteiger partial charge is 0.310 e. The third kappa shape index (κ3) is 2.81. The molecular weight excluding hydrogens is 306 g/mol. The summed E-state index contributed by atoms with van der Waals surface area (Å²) in [4.78, 5) is 26.0. The van der Waals surface area contributed by atoms with Gasteiger partial charge >= 0.3 is 5.97 Å². The Kier molecular flexibility index (Phi) is 4.38. The van der Waals surface area contributed by atoms with Gasteiger partial charge in [0.25, 0.3) is 0 Å². The van der Waals surface area contributed by atoms with Crippen LogP contribution in [0.15, 0.2) is 35.5 Å². The first kappa shape index (κ1) is 17.0. The number of hydrogen-bond donors (Lipinski definition) is 1. The van der Waals surface area contributed by atoms with Crippen LogP contribution in [-0.4, -0.2) is 46.7 Å². The number of amides is 1. The first-order valence-electron chi connectivity index (χ1n) is 8.52. The number of fused-ring (bicyclic) bond motifs is 1. The van der Waals surface area contributed by atoms with Crippen LogP contribution in [-0.2, 0) is 14.3 Å². The van der Waals surface area contributed by atoms with Crippen molar-refractivity contribution in [2.75, 3.05) is 13.1 Å². The molecule has 0 aromatic heterocycles. The summed E-state index contributed by atoms with van der Waals surface area (Å²) in [6.07, 6.45) is 9.48. The molecule has 0 saturated carbocycles. The van der Waals surface area contributed by atoms with E-state index in [4.69, 9.17) is 4.74 Å². The molecule has 3 aliphatic rings. The van der Waals surface area contributed by atoms with Crippen LogP contribution in [0.4, 0.5) is 0 Å². The van der Waals surface area contributed by atoms with E-state index in [1.54, 1.807) is 11.0 Å². The van der Waals surface area contributed by atoms with Crippen molar-refractivity contribution in [2.45, 2.75) is 45.3 Å². The maximum Gasteiger partial charge on any atom is 0.310 e. The van der Waals surface area contributed by atoms with Gasteiger partial charge in [-0.2, -0.15) is 0 Å². The quantitative estimate of drug-likeness (QED) is 0.760. The van der Waals surface area contributed by atoms with Gasteiger partial charge in [0, 0.05) is 6.54 Å². The molecule has 5 nitrogen and oxygen atoms in total. The van der Waals surface area contributed by atoms with E-state index in [1.165, 1.54) is 11.1 Å². The number of ether oxygens (including phenoxy) is 1. The van der Waals surface area contributed by atoms with Crippen LogP contribution in [0, 0.1) is 11.8 Å². The standard InChI is InChI=1S/C19H25NO4/c1-12(2)5-4-6-13(3)8-10-20-11-19-9-7-14(24-19)15(18(22)23)16(19)17(20)21/h5,7-9,14-16H,4,6,10-11H2,1-3H3,(H,22,23)/t14-,15-,16-,19+/m0/s1. The Morgan fingerprint density at radius 1 is 1.42 bits per heavy atom. The largest absolute Gasteiger partial charge is 0.481 e. The highest BCUT2D eigenvalue weighted by atomic mass is 16.5. The number of carbonyl (C=O) groups excluding carboxylic acids is 1. The molecule has 4 atom stereocenters. The molecule has 3 rings (SSSR count). The molecule has 2 fully saturated rings. The molecule has 3 aliphatic heterocycles. The third-order valence-corrected chi connectivity index (χ3v) is 5.22. The van der Waals surface area contributed by atoms with Gasteiger partial charge in [0.1, 0.15) is 11.5 Å². The maximum atomic E-state index is 12.7. The van der Waals surface area contributed by atoms with Crippen LogP contribution in [0.25, 0.3) is 0 Å². The number of aliphatic carboxylic acids is 1. The van der Waals surface area contributed by atoms with Crippen molar-refractivity contribution in [2.24, 2.45) is 11.8 Å². The minimum atomic E-state index is -0.945. The molecule has 3 heterocycles. The molecule has 5 heteroatoms. The highest BCUT2D eigenvalue weighted by molar-refractivity contribution is 5.90. The van der Waals surface area contributed by atoms with Crippen molar-refractivity contribution in [3.8, 4) is 0 Å². The van der Waals surface area contributed by atoms with Gasteiger partial charge in [0.2, 0.25) is 5.91 Å². The summed E-state index contributed by atoms with van der Waals surface area (Å²) in [6, 6.07) is 0. The Morgan fingerprint density at radius 2 is 2.17 bits per heavy atom. The second kappa shape index (κ2) is 6.20. The van der Waals surface area contributed by atoms with Gasteiger partial charge in [-0.15, -0.1) is 0 Å². The van der Waals surface area contributed by atoms with Crippen molar-refractivity contribution in [3.05, 3.63) is 35.5 Å². The fourth-order valence-electron chi connectivity index (χ4n) is 3.97. The number of hydrogen-bond acceptors (Lipinski definition) is 3. The van der Waals surface area contributed by atoms with E-state index in [0.717, 1.165) is 12.8 Å². The molecule has 0 radical (unpaired) electrons. The number of nitrogens with zero attached hydrogens (tertiary/aromatic N) is 1. The Bertz CT molecular complexity index is 644. The molecular formula is C19H25NO4. The van der Waals surface area contributed by atoms with Crippen LogP contribution >= 0.6 is 0 Å². The van der Waals surface area contributed by atoms with E-state index in [-0.39, 0.29) is 5.91 Å². The number of rotatable bonds is 6. The predicted octanol–water partition coefficient (Wildman–Crippen LogP) is 2.55. The molecule has 1 amide bonds. The lowest BCUT2D eigenvalue weighted by Gasteiger charge is -2.21. The van der Waals surface area contributed by atoms with Gasteiger partial charge in [-0.25, -0.2) is 0 Å². The molecule has 24 heavy (non-hydrogen) atoms. The maximum absolute atomic E-state index is 12.7. The van der Waals surface area contributed by atoms with Crippen LogP contribution in [0.3, 0.4) is 0 Å². The molecule has 2 saturated heterocycles. The van der Waals surface area contributed by atoms with Gasteiger partial charge in [-0.05, 0) is 33.6 Å². The molecule has 0 unspecified atom stereocenters. The number of allylic oxidation sites excluding steroid dienone is 3. The lowest BCUT2D eigenvalue weighted by Crippen LogP contribution is -2.39. The molecule has 0 aliphatic carbocycles. The number of carboxylic acid groups (broad SMARTS) is 1. The van der Waals surface area contributed by atoms with E-state index in [1.807, 2.05) is 6.08 Å². The van der Waals surface area contributed by atoms with Crippen molar-refractivity contribution < 1.29 is 19.4 Å². The van der Waals surface area contributed by atoms with E-state index in [9.17, 15) is 14.7 Å². The monoisotopic (exact) mass is 331 g/mol.